The molecule has 0 spiro atoms. The van der Waals surface area contributed by atoms with Crippen molar-refractivity contribution in [1.82, 2.24) is 20.0 Å². The van der Waals surface area contributed by atoms with Gasteiger partial charge >= 0.3 is 0 Å². The van der Waals surface area contributed by atoms with E-state index in [2.05, 4.69) is 21.9 Å². The molecule has 3 heterocycles. The predicted octanol–water partition coefficient (Wildman–Crippen LogP) is 3.27. The zero-order chi connectivity index (χ0) is 21.4. The van der Waals surface area contributed by atoms with E-state index in [1.807, 2.05) is 4.90 Å². The lowest BCUT2D eigenvalue weighted by atomic mass is 10.1. The van der Waals surface area contributed by atoms with Gasteiger partial charge in [0.05, 0.1) is 5.69 Å². The van der Waals surface area contributed by atoms with E-state index in [0.29, 0.717) is 12.2 Å². The number of hydrogen-bond donors (Lipinski definition) is 1. The molecule has 31 heavy (non-hydrogen) atoms. The molecule has 1 N–H and O–H groups in total. The van der Waals surface area contributed by atoms with Crippen LogP contribution in [0.2, 0.25) is 0 Å². The van der Waals surface area contributed by atoms with Crippen molar-refractivity contribution in [3.8, 4) is 5.69 Å². The molecule has 0 unspecified atom stereocenters. The molecular formula is C23H23FN4O2S. The Labute approximate surface area is 183 Å². The van der Waals surface area contributed by atoms with Gasteiger partial charge in [-0.3, -0.25) is 9.59 Å². The van der Waals surface area contributed by atoms with Crippen molar-refractivity contribution in [2.45, 2.75) is 38.6 Å². The van der Waals surface area contributed by atoms with Gasteiger partial charge in [-0.1, -0.05) is 0 Å². The van der Waals surface area contributed by atoms with E-state index in [4.69, 9.17) is 0 Å². The molecule has 3 aromatic rings. The predicted molar refractivity (Wildman–Crippen MR) is 116 cm³/mol. The molecule has 0 saturated carbocycles. The van der Waals surface area contributed by atoms with E-state index in [1.54, 1.807) is 28.2 Å². The van der Waals surface area contributed by atoms with Crippen molar-refractivity contribution in [2.24, 2.45) is 0 Å². The number of benzene rings is 1. The van der Waals surface area contributed by atoms with Crippen LogP contribution >= 0.6 is 11.3 Å². The van der Waals surface area contributed by atoms with Crippen LogP contribution < -0.4 is 5.32 Å². The third kappa shape index (κ3) is 3.87. The van der Waals surface area contributed by atoms with Crippen LogP contribution in [0.1, 0.15) is 45.0 Å². The molecule has 6 nitrogen and oxygen atoms in total. The molecule has 1 aliphatic carbocycles. The van der Waals surface area contributed by atoms with Gasteiger partial charge in [-0.2, -0.15) is 5.10 Å². The van der Waals surface area contributed by atoms with E-state index in [-0.39, 0.29) is 30.6 Å². The summed E-state index contributed by atoms with van der Waals surface area (Å²) in [7, 11) is 0. The number of aromatic nitrogens is 2. The molecule has 1 aliphatic heterocycles. The number of halogens is 1. The summed E-state index contributed by atoms with van der Waals surface area (Å²) in [6, 6.07) is 8.20. The molecule has 5 rings (SSSR count). The van der Waals surface area contributed by atoms with Crippen molar-refractivity contribution >= 4 is 23.2 Å². The van der Waals surface area contributed by atoms with Gasteiger partial charge in [-0.05, 0) is 67.0 Å². The monoisotopic (exact) mass is 438 g/mol. The smallest absolute Gasteiger partial charge is 0.272 e. The Kier molecular flexibility index (Phi) is 5.31. The Morgan fingerprint density at radius 1 is 1.13 bits per heavy atom. The van der Waals surface area contributed by atoms with Crippen molar-refractivity contribution in [3.63, 3.8) is 0 Å². The standard InChI is InChI=1S/C23H23FN4O2S/c24-16-4-6-17(7-5-16)28-19-3-1-2-18(19)22(26-28)23(30)25-11-8-21(29)27-12-9-20-15(14-27)10-13-31-20/h4-7,10,13H,1-3,8-9,11-12,14H2,(H,25,30). The first kappa shape index (κ1) is 19.9. The molecule has 2 aromatic heterocycles. The normalized spacial score (nSPS) is 14.9. The maximum Gasteiger partial charge on any atom is 0.272 e. The summed E-state index contributed by atoms with van der Waals surface area (Å²) in [5.74, 6) is -0.510. The highest BCUT2D eigenvalue weighted by Gasteiger charge is 2.27. The molecule has 0 radical (unpaired) electrons. The lowest BCUT2D eigenvalue weighted by molar-refractivity contribution is -0.131. The number of fused-ring (bicyclic) bond motifs is 2. The summed E-state index contributed by atoms with van der Waals surface area (Å²) in [6.07, 6.45) is 3.77. The molecule has 0 atom stereocenters. The number of rotatable bonds is 5. The van der Waals surface area contributed by atoms with E-state index >= 15 is 0 Å². The van der Waals surface area contributed by atoms with E-state index in [1.165, 1.54) is 22.6 Å². The highest BCUT2D eigenvalue weighted by molar-refractivity contribution is 7.10. The summed E-state index contributed by atoms with van der Waals surface area (Å²) >= 11 is 1.75. The van der Waals surface area contributed by atoms with Gasteiger partial charge in [0.25, 0.3) is 5.91 Å². The molecular weight excluding hydrogens is 415 g/mol. The van der Waals surface area contributed by atoms with Gasteiger partial charge in [-0.25, -0.2) is 9.07 Å². The van der Waals surface area contributed by atoms with Crippen molar-refractivity contribution in [3.05, 3.63) is 68.9 Å². The molecule has 0 saturated heterocycles. The van der Waals surface area contributed by atoms with Crippen LogP contribution in [0, 0.1) is 5.82 Å². The summed E-state index contributed by atoms with van der Waals surface area (Å²) in [5.41, 5.74) is 4.34. The Morgan fingerprint density at radius 3 is 2.81 bits per heavy atom. The first-order valence-electron chi connectivity index (χ1n) is 10.6. The second-order valence-electron chi connectivity index (χ2n) is 7.96. The third-order valence-electron chi connectivity index (χ3n) is 6.00. The fourth-order valence-electron chi connectivity index (χ4n) is 4.40. The minimum Gasteiger partial charge on any atom is -0.350 e. The van der Waals surface area contributed by atoms with Gasteiger partial charge in [-0.15, -0.1) is 11.3 Å². The van der Waals surface area contributed by atoms with Gasteiger partial charge < -0.3 is 10.2 Å². The summed E-state index contributed by atoms with van der Waals surface area (Å²) in [6.45, 7) is 1.67. The average molecular weight is 439 g/mol. The second-order valence-corrected chi connectivity index (χ2v) is 8.96. The van der Waals surface area contributed by atoms with E-state index < -0.39 is 0 Å². The van der Waals surface area contributed by atoms with Gasteiger partial charge in [0.1, 0.15) is 5.82 Å². The topological polar surface area (TPSA) is 67.2 Å². The van der Waals surface area contributed by atoms with Gasteiger partial charge in [0, 0.05) is 42.2 Å². The average Bonchev–Trinajstić information content (AvgIpc) is 3.50. The molecule has 8 heteroatoms. The van der Waals surface area contributed by atoms with Crippen LogP contribution in [-0.4, -0.2) is 39.6 Å². The van der Waals surface area contributed by atoms with Crippen molar-refractivity contribution < 1.29 is 14.0 Å². The fraction of sp³-hybridized carbons (Fsp3) is 0.348. The summed E-state index contributed by atoms with van der Waals surface area (Å²) < 4.78 is 15.0. The lowest BCUT2D eigenvalue weighted by Gasteiger charge is -2.27. The zero-order valence-electron chi connectivity index (χ0n) is 17.1. The SMILES string of the molecule is O=C(NCCC(=O)N1CCc2sccc2C1)c1nn(-c2ccc(F)cc2)c2c1CCC2. The van der Waals surface area contributed by atoms with Crippen LogP contribution in [0.3, 0.4) is 0 Å². The molecule has 0 fully saturated rings. The maximum absolute atomic E-state index is 13.3. The maximum atomic E-state index is 13.3. The summed E-state index contributed by atoms with van der Waals surface area (Å²) in [4.78, 5) is 28.6. The van der Waals surface area contributed by atoms with Crippen LogP contribution in [0.4, 0.5) is 4.39 Å². The van der Waals surface area contributed by atoms with Crippen LogP contribution in [0.15, 0.2) is 35.7 Å². The van der Waals surface area contributed by atoms with E-state index in [0.717, 1.165) is 49.2 Å². The first-order valence-corrected chi connectivity index (χ1v) is 11.5. The number of nitrogens with zero attached hydrogens (tertiary/aromatic N) is 3. The third-order valence-corrected chi connectivity index (χ3v) is 7.02. The van der Waals surface area contributed by atoms with Gasteiger partial charge in [0.15, 0.2) is 5.69 Å². The Balaban J connectivity index is 1.23. The molecule has 160 valence electrons. The van der Waals surface area contributed by atoms with Crippen LogP contribution in [0.25, 0.3) is 5.69 Å². The number of thiophene rings is 1. The molecule has 0 bridgehead atoms. The minimum atomic E-state index is -0.306. The Bertz CT molecular complexity index is 1140. The summed E-state index contributed by atoms with van der Waals surface area (Å²) in [5, 5.41) is 9.46. The van der Waals surface area contributed by atoms with Crippen molar-refractivity contribution in [1.29, 1.82) is 0 Å². The Morgan fingerprint density at radius 2 is 1.97 bits per heavy atom. The highest BCUT2D eigenvalue weighted by atomic mass is 32.1. The fourth-order valence-corrected chi connectivity index (χ4v) is 5.29. The number of hydrogen-bond acceptors (Lipinski definition) is 4. The minimum absolute atomic E-state index is 0.0548. The largest absolute Gasteiger partial charge is 0.350 e. The molecule has 2 aliphatic rings. The first-order chi connectivity index (χ1) is 15.1. The van der Waals surface area contributed by atoms with Crippen molar-refractivity contribution in [2.75, 3.05) is 13.1 Å². The Hall–Kier alpha value is -3.00. The number of carbonyl (C=O) groups excluding carboxylic acids is 2. The number of amides is 2. The van der Waals surface area contributed by atoms with E-state index in [9.17, 15) is 14.0 Å². The zero-order valence-corrected chi connectivity index (χ0v) is 17.9. The number of nitrogens with one attached hydrogen (secondary N) is 1. The second kappa shape index (κ2) is 8.26. The van der Waals surface area contributed by atoms with Crippen LogP contribution in [0.5, 0.6) is 0 Å². The number of carbonyl (C=O) groups is 2. The van der Waals surface area contributed by atoms with Gasteiger partial charge in [0.2, 0.25) is 5.91 Å². The van der Waals surface area contributed by atoms with Crippen LogP contribution in [-0.2, 0) is 30.6 Å². The quantitative estimate of drug-likeness (QED) is 0.665. The lowest BCUT2D eigenvalue weighted by Crippen LogP contribution is -2.37. The molecule has 2 amide bonds. The highest BCUT2D eigenvalue weighted by Crippen LogP contribution is 2.28. The molecule has 1 aromatic carbocycles.